The molecule has 0 fully saturated rings. The van der Waals surface area contributed by atoms with Crippen molar-refractivity contribution >= 4 is 46.6 Å². The normalized spacial score (nSPS) is 11.7. The molecular weight excluding hydrogens is 528 g/mol. The van der Waals surface area contributed by atoms with Gasteiger partial charge in [-0.15, -0.1) is 5.66 Å². The maximum absolute atomic E-state index is 4.49. The van der Waals surface area contributed by atoms with Crippen LogP contribution >= 0.6 is 25.4 Å². The third-order valence-electron chi connectivity index (χ3n) is 4.91. The Kier molecular flexibility index (Phi) is 10.4. The summed E-state index contributed by atoms with van der Waals surface area (Å²) in [5.74, 6) is 0. The second-order valence-electron chi connectivity index (χ2n) is 6.97. The van der Waals surface area contributed by atoms with Gasteiger partial charge in [0, 0.05) is 0 Å². The van der Waals surface area contributed by atoms with E-state index in [-0.39, 0.29) is 0 Å². The molecule has 4 heteroatoms. The quantitative estimate of drug-likeness (QED) is 0.140. The van der Waals surface area contributed by atoms with E-state index in [0.717, 1.165) is 0 Å². The van der Waals surface area contributed by atoms with E-state index >= 15 is 0 Å². The predicted molar refractivity (Wildman–Crippen MR) is 138 cm³/mol. The summed E-state index contributed by atoms with van der Waals surface area (Å²) in [5.41, 5.74) is 0.460. The van der Waals surface area contributed by atoms with Gasteiger partial charge in [-0.2, -0.15) is 0 Å². The van der Waals surface area contributed by atoms with Gasteiger partial charge >= 0.3 is 27.7 Å². The summed E-state index contributed by atoms with van der Waals surface area (Å²) in [6, 6.07) is 43.9. The average Bonchev–Trinajstić information content (AvgIpc) is 2.86. The van der Waals surface area contributed by atoms with Crippen LogP contribution in [-0.4, -0.2) is 5.66 Å². The van der Waals surface area contributed by atoms with Gasteiger partial charge < -0.3 is 0 Å². The van der Waals surface area contributed by atoms with E-state index in [1.165, 1.54) is 21.2 Å². The van der Waals surface area contributed by atoms with E-state index in [1.807, 2.05) is 0 Å². The van der Waals surface area contributed by atoms with E-state index in [0.29, 0.717) is 5.66 Å². The van der Waals surface area contributed by atoms with E-state index in [1.54, 1.807) is 0 Å². The van der Waals surface area contributed by atoms with Crippen LogP contribution in [0.1, 0.15) is 6.92 Å². The Bertz CT molecular complexity index is 919. The minimum absolute atomic E-state index is 0.460. The molecule has 0 aliphatic rings. The number of hydrogen-bond donors (Lipinski definition) is 0. The molecule has 0 nitrogen and oxygen atoms in total. The molecule has 4 aromatic rings. The van der Waals surface area contributed by atoms with Crippen molar-refractivity contribution in [1.29, 1.82) is 0 Å². The first-order valence-electron chi connectivity index (χ1n) is 10.1. The van der Waals surface area contributed by atoms with Gasteiger partial charge in [0.25, 0.3) is 0 Å². The molecule has 0 aliphatic carbocycles. The van der Waals surface area contributed by atoms with Gasteiger partial charge in [-0.3, -0.25) is 6.16 Å². The van der Waals surface area contributed by atoms with Crippen molar-refractivity contribution in [2.75, 3.05) is 0 Å². The molecule has 0 aliphatic heterocycles. The Balaban J connectivity index is 0.00000132. The van der Waals surface area contributed by atoms with Crippen LogP contribution in [0.4, 0.5) is 0 Å². The second-order valence-corrected chi connectivity index (χ2v) is 11.6. The molecule has 0 aromatic heterocycles. The van der Waals surface area contributed by atoms with E-state index < -0.39 is 15.8 Å². The molecule has 0 saturated carbocycles. The molecular formula is C27H25ClP2Pd. The van der Waals surface area contributed by atoms with Crippen molar-refractivity contribution in [2.24, 2.45) is 0 Å². The molecule has 4 aromatic carbocycles. The molecule has 1 unspecified atom stereocenters. The fourth-order valence-corrected chi connectivity index (χ4v) is 8.80. The van der Waals surface area contributed by atoms with Gasteiger partial charge in [-0.05, 0) is 10.6 Å². The van der Waals surface area contributed by atoms with Crippen LogP contribution in [0, 0.1) is 6.16 Å². The minimum atomic E-state index is -0.512. The van der Waals surface area contributed by atoms with E-state index in [4.69, 9.17) is 0 Å². The zero-order valence-corrected chi connectivity index (χ0v) is 21.4. The fraction of sp³-hybridized carbons (Fsp3) is 0.0741. The SMILES string of the molecule is CC([CH-]P(c1ccccc1)c1ccccc1)P(c1ccccc1)c1ccccc1.[Cl][Pd+]. The van der Waals surface area contributed by atoms with E-state index in [9.17, 15) is 0 Å². The van der Waals surface area contributed by atoms with Crippen LogP contribution in [0.3, 0.4) is 0 Å². The maximum atomic E-state index is 4.49. The standard InChI is InChI=1S/C27H25P2.ClH.Pd/c1-23(29(26-18-10-4-11-19-26)27-20-12-5-13-21-27)22-28(24-14-6-2-7-15-24)25-16-8-3-9-17-25;;/h2-23H,1H3;1H;/q-1;;+2/p-1. The Morgan fingerprint density at radius 3 is 1.16 bits per heavy atom. The topological polar surface area (TPSA) is 0 Å². The van der Waals surface area contributed by atoms with Gasteiger partial charge in [0.2, 0.25) is 0 Å². The Morgan fingerprint density at radius 1 is 0.548 bits per heavy atom. The summed E-state index contributed by atoms with van der Waals surface area (Å²) in [6.45, 7) is 2.40. The molecule has 0 bridgehead atoms. The van der Waals surface area contributed by atoms with Gasteiger partial charge in [-0.25, -0.2) is 7.92 Å². The van der Waals surface area contributed by atoms with Crippen molar-refractivity contribution in [1.82, 2.24) is 0 Å². The molecule has 0 N–H and O–H groups in total. The molecule has 31 heavy (non-hydrogen) atoms. The molecule has 4 rings (SSSR count). The molecule has 0 radical (unpaired) electrons. The number of benzene rings is 4. The molecule has 0 saturated heterocycles. The predicted octanol–water partition coefficient (Wildman–Crippen LogP) is 6.49. The zero-order chi connectivity index (χ0) is 21.9. The molecule has 0 spiro atoms. The first-order chi connectivity index (χ1) is 15.3. The summed E-state index contributed by atoms with van der Waals surface area (Å²) in [4.78, 5) is 0. The summed E-state index contributed by atoms with van der Waals surface area (Å²) in [6.07, 6.45) is 2.62. The third kappa shape index (κ3) is 6.83. The Hall–Kier alpha value is -1.31. The number of hydrogen-bond acceptors (Lipinski definition) is 0. The van der Waals surface area contributed by atoms with Crippen LogP contribution < -0.4 is 21.2 Å². The van der Waals surface area contributed by atoms with Gasteiger partial charge in [-0.1, -0.05) is 147 Å². The van der Waals surface area contributed by atoms with Crippen LogP contribution in [0.2, 0.25) is 0 Å². The first kappa shape index (κ1) is 24.3. The van der Waals surface area contributed by atoms with Crippen LogP contribution in [0.5, 0.6) is 0 Å². The van der Waals surface area contributed by atoms with E-state index in [2.05, 4.69) is 162 Å². The van der Waals surface area contributed by atoms with Crippen LogP contribution in [0.15, 0.2) is 121 Å². The Labute approximate surface area is 204 Å². The average molecular weight is 553 g/mol. The first-order valence-corrected chi connectivity index (χ1v) is 14.9. The zero-order valence-electron chi connectivity index (χ0n) is 17.3. The number of rotatable bonds is 7. The van der Waals surface area contributed by atoms with Gasteiger partial charge in [0.05, 0.1) is 0 Å². The van der Waals surface area contributed by atoms with Gasteiger partial charge in [0.15, 0.2) is 0 Å². The van der Waals surface area contributed by atoms with Crippen molar-refractivity contribution in [3.8, 4) is 0 Å². The summed E-state index contributed by atoms with van der Waals surface area (Å²) >= 11 is 2.22. The van der Waals surface area contributed by atoms with Crippen LogP contribution in [-0.2, 0) is 18.2 Å². The van der Waals surface area contributed by atoms with Crippen molar-refractivity contribution < 1.29 is 18.2 Å². The molecule has 1 atom stereocenters. The molecule has 0 heterocycles. The Morgan fingerprint density at radius 2 is 0.839 bits per heavy atom. The summed E-state index contributed by atoms with van der Waals surface area (Å²) in [7, 11) is 3.51. The summed E-state index contributed by atoms with van der Waals surface area (Å²) in [5, 5.41) is 5.70. The van der Waals surface area contributed by atoms with Crippen molar-refractivity contribution in [3.05, 3.63) is 127 Å². The van der Waals surface area contributed by atoms with Crippen LogP contribution in [0.25, 0.3) is 0 Å². The summed E-state index contributed by atoms with van der Waals surface area (Å²) < 4.78 is 0. The second kappa shape index (κ2) is 13.3. The molecule has 0 amide bonds. The molecule has 160 valence electrons. The fourth-order valence-electron chi connectivity index (χ4n) is 3.58. The monoisotopic (exact) mass is 552 g/mol. The van der Waals surface area contributed by atoms with Gasteiger partial charge in [0.1, 0.15) is 0 Å². The van der Waals surface area contributed by atoms with Crippen molar-refractivity contribution in [3.63, 3.8) is 0 Å². The van der Waals surface area contributed by atoms with Crippen molar-refractivity contribution in [2.45, 2.75) is 12.6 Å². The number of halogens is 1. The third-order valence-corrected chi connectivity index (χ3v) is 10.3.